The molecule has 0 unspecified atom stereocenters. The van der Waals surface area contributed by atoms with E-state index in [-0.39, 0.29) is 30.7 Å². The molecule has 3 aromatic rings. The highest BCUT2D eigenvalue weighted by molar-refractivity contribution is 8.01. The zero-order chi connectivity index (χ0) is 20.1. The normalized spacial score (nSPS) is 12.0. The van der Waals surface area contributed by atoms with E-state index >= 15 is 0 Å². The molecule has 0 fully saturated rings. The van der Waals surface area contributed by atoms with E-state index in [4.69, 9.17) is 9.47 Å². The lowest BCUT2D eigenvalue weighted by Gasteiger charge is -2.03. The van der Waals surface area contributed by atoms with E-state index in [1.54, 1.807) is 24.4 Å². The Bertz CT molecular complexity index is 1020. The van der Waals surface area contributed by atoms with Crippen LogP contribution in [0.1, 0.15) is 21.7 Å². The molecule has 1 aliphatic heterocycles. The Morgan fingerprint density at radius 2 is 2.03 bits per heavy atom. The first kappa shape index (κ1) is 19.4. The molecule has 9 heteroatoms. The van der Waals surface area contributed by atoms with Crippen molar-refractivity contribution < 1.29 is 19.1 Å². The molecular formula is C20H17N3O4S2. The van der Waals surface area contributed by atoms with Gasteiger partial charge in [-0.2, -0.15) is 0 Å². The number of hydrogen-bond acceptors (Lipinski definition) is 8. The van der Waals surface area contributed by atoms with Gasteiger partial charge in [0.2, 0.25) is 12.7 Å². The third kappa shape index (κ3) is 5.12. The Balaban J connectivity index is 1.25. The second kappa shape index (κ2) is 9.06. The summed E-state index contributed by atoms with van der Waals surface area (Å²) in [5, 5.41) is 4.67. The number of Topliss-reactive ketones (excluding diaryl/α,β-unsaturated/α-hetero) is 1. The highest BCUT2D eigenvalue weighted by Crippen LogP contribution is 2.33. The van der Waals surface area contributed by atoms with Gasteiger partial charge in [0.15, 0.2) is 21.6 Å². The van der Waals surface area contributed by atoms with Crippen molar-refractivity contribution >= 4 is 34.8 Å². The number of rotatable bonds is 8. The topological polar surface area (TPSA) is 90.4 Å². The fraction of sp³-hybridized carbons (Fsp3) is 0.200. The van der Waals surface area contributed by atoms with Gasteiger partial charge in [-0.3, -0.25) is 14.6 Å². The maximum atomic E-state index is 12.4. The minimum absolute atomic E-state index is 0.0156. The molecule has 2 aromatic heterocycles. The van der Waals surface area contributed by atoms with Crippen LogP contribution in [0.15, 0.2) is 52.3 Å². The van der Waals surface area contributed by atoms with Crippen LogP contribution in [0.2, 0.25) is 0 Å². The predicted octanol–water partition coefficient (Wildman–Crippen LogP) is 3.10. The second-order valence-corrected chi connectivity index (χ2v) is 8.24. The first-order chi connectivity index (χ1) is 14.2. The summed E-state index contributed by atoms with van der Waals surface area (Å²) in [5.41, 5.74) is 2.07. The van der Waals surface area contributed by atoms with Gasteiger partial charge in [-0.1, -0.05) is 17.8 Å². The van der Waals surface area contributed by atoms with Crippen molar-refractivity contribution in [1.29, 1.82) is 0 Å². The van der Waals surface area contributed by atoms with Gasteiger partial charge in [0.25, 0.3) is 0 Å². The monoisotopic (exact) mass is 427 g/mol. The number of ketones is 1. The number of carbonyl (C=O) groups excluding carboxylic acids is 2. The van der Waals surface area contributed by atoms with Crippen molar-refractivity contribution in [2.75, 3.05) is 12.5 Å². The largest absolute Gasteiger partial charge is 0.454 e. The number of amides is 1. The van der Waals surface area contributed by atoms with Crippen molar-refractivity contribution in [2.24, 2.45) is 0 Å². The highest BCUT2D eigenvalue weighted by Gasteiger charge is 2.17. The van der Waals surface area contributed by atoms with Gasteiger partial charge in [0.05, 0.1) is 30.1 Å². The van der Waals surface area contributed by atoms with Gasteiger partial charge in [-0.05, 0) is 30.3 Å². The molecule has 148 valence electrons. The van der Waals surface area contributed by atoms with Crippen molar-refractivity contribution in [2.45, 2.75) is 17.3 Å². The van der Waals surface area contributed by atoms with E-state index in [0.29, 0.717) is 29.3 Å². The molecule has 3 heterocycles. The molecule has 4 rings (SSSR count). The molecule has 29 heavy (non-hydrogen) atoms. The summed E-state index contributed by atoms with van der Waals surface area (Å²) >= 11 is 2.78. The van der Waals surface area contributed by atoms with Crippen LogP contribution in [0, 0.1) is 0 Å². The number of benzene rings is 1. The Kier molecular flexibility index (Phi) is 6.06. The number of aromatic nitrogens is 2. The van der Waals surface area contributed by atoms with E-state index in [1.165, 1.54) is 23.1 Å². The number of thiazole rings is 1. The summed E-state index contributed by atoms with van der Waals surface area (Å²) in [5.74, 6) is 1.37. The number of ether oxygens (including phenoxy) is 2. The number of pyridine rings is 1. The number of thioether (sulfide) groups is 1. The van der Waals surface area contributed by atoms with Crippen LogP contribution in [0.4, 0.5) is 0 Å². The van der Waals surface area contributed by atoms with Crippen LogP contribution in [0.5, 0.6) is 11.5 Å². The smallest absolute Gasteiger partial charge is 0.231 e. The van der Waals surface area contributed by atoms with Gasteiger partial charge >= 0.3 is 0 Å². The Morgan fingerprint density at radius 3 is 2.90 bits per heavy atom. The molecule has 0 atom stereocenters. The highest BCUT2D eigenvalue weighted by atomic mass is 32.2. The minimum atomic E-state index is -0.117. The minimum Gasteiger partial charge on any atom is -0.454 e. The zero-order valence-corrected chi connectivity index (χ0v) is 16.9. The molecule has 0 bridgehead atoms. The molecule has 0 saturated heterocycles. The van der Waals surface area contributed by atoms with Crippen LogP contribution >= 0.6 is 23.1 Å². The van der Waals surface area contributed by atoms with Gasteiger partial charge in [0, 0.05) is 17.1 Å². The number of fused-ring (bicyclic) bond motifs is 1. The molecule has 0 saturated carbocycles. The summed E-state index contributed by atoms with van der Waals surface area (Å²) in [6, 6.07) is 10.7. The lowest BCUT2D eigenvalue weighted by Crippen LogP contribution is -2.25. The third-order valence-electron chi connectivity index (χ3n) is 4.09. The number of carbonyl (C=O) groups is 2. The number of hydrogen-bond donors (Lipinski definition) is 1. The summed E-state index contributed by atoms with van der Waals surface area (Å²) in [6.45, 7) is 0.564. The molecular weight excluding hydrogens is 410 g/mol. The fourth-order valence-electron chi connectivity index (χ4n) is 2.64. The second-order valence-electron chi connectivity index (χ2n) is 6.16. The van der Waals surface area contributed by atoms with E-state index in [1.807, 2.05) is 23.6 Å². The van der Waals surface area contributed by atoms with Gasteiger partial charge in [0.1, 0.15) is 0 Å². The Labute approximate surface area is 175 Å². The lowest BCUT2D eigenvalue weighted by molar-refractivity contribution is -0.120. The van der Waals surface area contributed by atoms with Gasteiger partial charge in [-0.25, -0.2) is 4.98 Å². The average Bonchev–Trinajstić information content (AvgIpc) is 3.40. The van der Waals surface area contributed by atoms with Crippen LogP contribution in [0.3, 0.4) is 0 Å². The quantitative estimate of drug-likeness (QED) is 0.436. The molecule has 1 N–H and O–H groups in total. The molecule has 1 aliphatic rings. The molecule has 0 spiro atoms. The van der Waals surface area contributed by atoms with Gasteiger partial charge in [-0.15, -0.1) is 11.3 Å². The van der Waals surface area contributed by atoms with E-state index in [9.17, 15) is 9.59 Å². The Hall–Kier alpha value is -2.91. The standard InChI is InChI=1S/C20H17N3O4S2/c24-16(13-4-5-17-18(7-13)27-12-26-17)11-29-20-23-15(10-28-20)8-19(25)22-9-14-3-1-2-6-21-14/h1-7,10H,8-9,11-12H2,(H,22,25). The van der Waals surface area contributed by atoms with E-state index in [2.05, 4.69) is 15.3 Å². The summed E-state index contributed by atoms with van der Waals surface area (Å²) in [4.78, 5) is 33.1. The summed E-state index contributed by atoms with van der Waals surface area (Å²) in [6.07, 6.45) is 1.89. The van der Waals surface area contributed by atoms with Crippen LogP contribution in [-0.2, 0) is 17.8 Å². The van der Waals surface area contributed by atoms with Crippen molar-refractivity contribution in [3.63, 3.8) is 0 Å². The van der Waals surface area contributed by atoms with Crippen molar-refractivity contribution in [3.05, 3.63) is 64.9 Å². The SMILES string of the molecule is O=C(Cc1csc(SCC(=O)c2ccc3c(c2)OCO3)n1)NCc1ccccn1. The first-order valence-corrected chi connectivity index (χ1v) is 10.7. The van der Waals surface area contributed by atoms with E-state index < -0.39 is 0 Å². The summed E-state index contributed by atoms with van der Waals surface area (Å²) in [7, 11) is 0. The molecule has 1 aromatic carbocycles. The van der Waals surface area contributed by atoms with Crippen molar-refractivity contribution in [1.82, 2.24) is 15.3 Å². The molecule has 0 aliphatic carbocycles. The maximum Gasteiger partial charge on any atom is 0.231 e. The van der Waals surface area contributed by atoms with Crippen LogP contribution in [0.25, 0.3) is 0 Å². The number of nitrogens with one attached hydrogen (secondary N) is 1. The average molecular weight is 428 g/mol. The van der Waals surface area contributed by atoms with Crippen molar-refractivity contribution in [3.8, 4) is 11.5 Å². The lowest BCUT2D eigenvalue weighted by atomic mass is 10.1. The van der Waals surface area contributed by atoms with Crippen LogP contribution < -0.4 is 14.8 Å². The first-order valence-electron chi connectivity index (χ1n) is 8.84. The molecule has 0 radical (unpaired) electrons. The predicted molar refractivity (Wildman–Crippen MR) is 110 cm³/mol. The van der Waals surface area contributed by atoms with Gasteiger partial charge < -0.3 is 14.8 Å². The fourth-order valence-corrected chi connectivity index (χ4v) is 4.37. The molecule has 1 amide bonds. The Morgan fingerprint density at radius 1 is 1.14 bits per heavy atom. The summed E-state index contributed by atoms with van der Waals surface area (Å²) < 4.78 is 11.3. The zero-order valence-electron chi connectivity index (χ0n) is 15.3. The van der Waals surface area contributed by atoms with E-state index in [0.717, 1.165) is 10.0 Å². The number of nitrogens with zero attached hydrogens (tertiary/aromatic N) is 2. The third-order valence-corrected chi connectivity index (χ3v) is 6.16. The van der Waals surface area contributed by atoms with Crippen LogP contribution in [-0.4, -0.2) is 34.2 Å². The molecule has 7 nitrogen and oxygen atoms in total. The maximum absolute atomic E-state index is 12.4.